The second-order valence-corrected chi connectivity index (χ2v) is 5.67. The fourth-order valence-corrected chi connectivity index (χ4v) is 2.67. The van der Waals surface area contributed by atoms with Crippen LogP contribution in [0.25, 0.3) is 0 Å². The maximum absolute atomic E-state index is 12.1. The van der Waals surface area contributed by atoms with Crippen molar-refractivity contribution >= 4 is 28.5 Å². The van der Waals surface area contributed by atoms with Crippen LogP contribution in [0.1, 0.15) is 0 Å². The molecule has 0 fully saturated rings. The van der Waals surface area contributed by atoms with E-state index in [-0.39, 0.29) is 17.2 Å². The highest BCUT2D eigenvalue weighted by atomic mass is 16.6. The zero-order valence-electron chi connectivity index (χ0n) is 13.4. The predicted octanol–water partition coefficient (Wildman–Crippen LogP) is 2.90. The van der Waals surface area contributed by atoms with E-state index in [0.717, 1.165) is 0 Å². The minimum absolute atomic E-state index is 0.0634. The molecule has 0 saturated heterocycles. The number of anilines is 2. The third-order valence-electron chi connectivity index (χ3n) is 3.90. The first-order chi connectivity index (χ1) is 12.4. The van der Waals surface area contributed by atoms with Gasteiger partial charge in [0.25, 0.3) is 11.4 Å². The third-order valence-corrected chi connectivity index (χ3v) is 3.90. The van der Waals surface area contributed by atoms with E-state index in [1.165, 1.54) is 36.4 Å². The summed E-state index contributed by atoms with van der Waals surface area (Å²) in [6.45, 7) is 0. The monoisotopic (exact) mass is 354 g/mol. The molecular formula is C17H14N4O5. The van der Waals surface area contributed by atoms with Crippen molar-refractivity contribution < 1.29 is 14.6 Å². The van der Waals surface area contributed by atoms with Gasteiger partial charge in [-0.2, -0.15) is 0 Å². The smallest absolute Gasteiger partial charge is 0.271 e. The zero-order chi connectivity index (χ0) is 18.7. The number of nitrogens with one attached hydrogen (secondary N) is 2. The summed E-state index contributed by atoms with van der Waals surface area (Å²) in [6, 6.07) is 10.7. The molecular weight excluding hydrogens is 340 g/mol. The molecule has 9 heteroatoms. The number of ketones is 1. The summed E-state index contributed by atoms with van der Waals surface area (Å²) < 4.78 is 0. The molecule has 0 radical (unpaired) electrons. The molecule has 0 aliphatic heterocycles. The molecule has 0 heterocycles. The maximum Gasteiger partial charge on any atom is 0.271 e. The summed E-state index contributed by atoms with van der Waals surface area (Å²) in [7, 11) is 0. The topological polar surface area (TPSA) is 127 Å². The lowest BCUT2D eigenvalue weighted by molar-refractivity contribution is -0.385. The largest absolute Gasteiger partial charge is 0.376 e. The Balaban J connectivity index is 1.77. The number of benzene rings is 2. The van der Waals surface area contributed by atoms with Crippen LogP contribution in [0.3, 0.4) is 0 Å². The molecule has 1 aliphatic carbocycles. The highest BCUT2D eigenvalue weighted by molar-refractivity contribution is 6.00. The minimum atomic E-state index is -0.684. The first-order valence-corrected chi connectivity index (χ1v) is 7.68. The summed E-state index contributed by atoms with van der Waals surface area (Å²) in [5.74, 6) is -0.195. The number of nitro groups is 2. The molecule has 0 amide bonds. The second-order valence-electron chi connectivity index (χ2n) is 5.67. The molecule has 0 saturated carbocycles. The van der Waals surface area contributed by atoms with Gasteiger partial charge in [-0.05, 0) is 18.2 Å². The standard InChI is InChI=1S/C17H14N4O5/c22-16-8-7-15(18-11-3-1-5-13(9-11)20(23)24)17(16)19-12-4-2-6-14(10-12)21(25)26/h1-10,15,17-19H/t15-,17+/m1/s1. The molecule has 2 aromatic carbocycles. The van der Waals surface area contributed by atoms with Crippen molar-refractivity contribution in [3.05, 3.63) is 80.9 Å². The van der Waals surface area contributed by atoms with Crippen LogP contribution in [-0.2, 0) is 4.79 Å². The fourth-order valence-electron chi connectivity index (χ4n) is 2.67. The molecule has 26 heavy (non-hydrogen) atoms. The summed E-state index contributed by atoms with van der Waals surface area (Å²) in [5, 5.41) is 27.8. The lowest BCUT2D eigenvalue weighted by Crippen LogP contribution is -2.39. The number of nitrogens with zero attached hydrogens (tertiary/aromatic N) is 2. The van der Waals surface area contributed by atoms with E-state index in [0.29, 0.717) is 11.4 Å². The average Bonchev–Trinajstić information content (AvgIpc) is 2.95. The van der Waals surface area contributed by atoms with Crippen molar-refractivity contribution in [2.75, 3.05) is 10.6 Å². The van der Waals surface area contributed by atoms with E-state index in [4.69, 9.17) is 0 Å². The highest BCUT2D eigenvalue weighted by Gasteiger charge is 2.30. The Labute approximate surface area is 147 Å². The van der Waals surface area contributed by atoms with Crippen molar-refractivity contribution in [2.45, 2.75) is 12.1 Å². The van der Waals surface area contributed by atoms with Gasteiger partial charge in [0.15, 0.2) is 5.78 Å². The number of carbonyl (C=O) groups excluding carboxylic acids is 1. The Morgan fingerprint density at radius 3 is 1.92 bits per heavy atom. The lowest BCUT2D eigenvalue weighted by Gasteiger charge is -2.22. The Bertz CT molecular complexity index is 912. The summed E-state index contributed by atoms with van der Waals surface area (Å²) in [4.78, 5) is 32.9. The Morgan fingerprint density at radius 2 is 1.38 bits per heavy atom. The average molecular weight is 354 g/mol. The number of nitro benzene ring substituents is 2. The van der Waals surface area contributed by atoms with Crippen molar-refractivity contribution in [2.24, 2.45) is 0 Å². The predicted molar refractivity (Wildman–Crippen MR) is 95.2 cm³/mol. The Hall–Kier alpha value is -3.75. The van der Waals surface area contributed by atoms with Gasteiger partial charge in [-0.1, -0.05) is 18.2 Å². The first kappa shape index (κ1) is 17.1. The molecule has 0 bridgehead atoms. The molecule has 2 aromatic rings. The van der Waals surface area contributed by atoms with Crippen LogP contribution in [0, 0.1) is 20.2 Å². The van der Waals surface area contributed by atoms with E-state index in [1.807, 2.05) is 0 Å². The number of non-ortho nitro benzene ring substituents is 2. The molecule has 0 unspecified atom stereocenters. The lowest BCUT2D eigenvalue weighted by atomic mass is 10.1. The molecule has 9 nitrogen and oxygen atoms in total. The van der Waals surface area contributed by atoms with Crippen LogP contribution in [0.4, 0.5) is 22.7 Å². The number of hydrogen-bond acceptors (Lipinski definition) is 7. The fraction of sp³-hybridized carbons (Fsp3) is 0.118. The molecule has 3 rings (SSSR count). The van der Waals surface area contributed by atoms with Crippen molar-refractivity contribution in [3.8, 4) is 0 Å². The van der Waals surface area contributed by atoms with E-state index in [2.05, 4.69) is 10.6 Å². The van der Waals surface area contributed by atoms with Gasteiger partial charge in [0.2, 0.25) is 0 Å². The van der Waals surface area contributed by atoms with E-state index in [9.17, 15) is 25.0 Å². The SMILES string of the molecule is O=C1C=C[C@@H](Nc2cccc([N+](=O)[O-])c2)[C@@H]1Nc1cccc([N+](=O)[O-])c1. The van der Waals surface area contributed by atoms with E-state index < -0.39 is 21.9 Å². The van der Waals surface area contributed by atoms with Gasteiger partial charge < -0.3 is 10.6 Å². The molecule has 0 aromatic heterocycles. The van der Waals surface area contributed by atoms with Crippen LogP contribution in [0.2, 0.25) is 0 Å². The molecule has 2 N–H and O–H groups in total. The van der Waals surface area contributed by atoms with Gasteiger partial charge in [0, 0.05) is 35.6 Å². The summed E-state index contributed by atoms with van der Waals surface area (Å²) in [5.41, 5.74) is 0.782. The number of carbonyl (C=O) groups is 1. The van der Waals surface area contributed by atoms with Crippen molar-refractivity contribution in [3.63, 3.8) is 0 Å². The highest BCUT2D eigenvalue weighted by Crippen LogP contribution is 2.24. The van der Waals surface area contributed by atoms with Gasteiger partial charge in [-0.15, -0.1) is 0 Å². The zero-order valence-corrected chi connectivity index (χ0v) is 13.4. The Kier molecular flexibility index (Phi) is 4.61. The van der Waals surface area contributed by atoms with E-state index in [1.54, 1.807) is 24.3 Å². The van der Waals surface area contributed by atoms with Crippen molar-refractivity contribution in [1.82, 2.24) is 0 Å². The molecule has 2 atom stereocenters. The maximum atomic E-state index is 12.1. The molecule has 132 valence electrons. The van der Waals surface area contributed by atoms with Crippen LogP contribution >= 0.6 is 0 Å². The number of rotatable bonds is 6. The van der Waals surface area contributed by atoms with E-state index >= 15 is 0 Å². The van der Waals surface area contributed by atoms with Crippen LogP contribution < -0.4 is 10.6 Å². The third kappa shape index (κ3) is 3.66. The van der Waals surface area contributed by atoms with Crippen LogP contribution in [-0.4, -0.2) is 27.7 Å². The van der Waals surface area contributed by atoms with Gasteiger partial charge in [-0.3, -0.25) is 25.0 Å². The quantitative estimate of drug-likeness (QED) is 0.603. The second kappa shape index (κ2) is 7.01. The number of hydrogen-bond donors (Lipinski definition) is 2. The van der Waals surface area contributed by atoms with Crippen molar-refractivity contribution in [1.29, 1.82) is 0 Å². The van der Waals surface area contributed by atoms with Gasteiger partial charge >= 0.3 is 0 Å². The van der Waals surface area contributed by atoms with Crippen LogP contribution in [0.15, 0.2) is 60.7 Å². The Morgan fingerprint density at radius 1 is 0.846 bits per heavy atom. The molecule has 0 spiro atoms. The first-order valence-electron chi connectivity index (χ1n) is 7.68. The normalized spacial score (nSPS) is 18.5. The van der Waals surface area contributed by atoms with Gasteiger partial charge in [0.1, 0.15) is 6.04 Å². The minimum Gasteiger partial charge on any atom is -0.376 e. The van der Waals surface area contributed by atoms with Gasteiger partial charge in [0.05, 0.1) is 15.9 Å². The van der Waals surface area contributed by atoms with Gasteiger partial charge in [-0.25, -0.2) is 0 Å². The molecule has 1 aliphatic rings. The summed E-state index contributed by atoms with van der Waals surface area (Å²) >= 11 is 0. The summed E-state index contributed by atoms with van der Waals surface area (Å²) in [6.07, 6.45) is 3.06. The van der Waals surface area contributed by atoms with Crippen LogP contribution in [0.5, 0.6) is 0 Å².